The fourth-order valence-electron chi connectivity index (χ4n) is 4.54. The molecule has 1 fully saturated rings. The average Bonchev–Trinajstić information content (AvgIpc) is 3.50. The van der Waals surface area contributed by atoms with Gasteiger partial charge in [0.05, 0.1) is 18.5 Å². The van der Waals surface area contributed by atoms with E-state index in [1.165, 1.54) is 10.9 Å². The maximum absolute atomic E-state index is 13.8. The summed E-state index contributed by atoms with van der Waals surface area (Å²) >= 11 is 6.09. The minimum Gasteiger partial charge on any atom is -0.394 e. The Morgan fingerprint density at radius 3 is 2.42 bits per heavy atom. The lowest BCUT2D eigenvalue weighted by Gasteiger charge is -2.41. The maximum Gasteiger partial charge on any atom is 0.194 e. The highest BCUT2D eigenvalue weighted by Crippen LogP contribution is 2.39. The summed E-state index contributed by atoms with van der Waals surface area (Å²) in [4.78, 5) is 4.43. The molecule has 5 atom stereocenters. The van der Waals surface area contributed by atoms with Gasteiger partial charge in [-0.3, -0.25) is 0 Å². The fraction of sp³-hybridized carbons (Fsp3) is 0.333. The molecule has 0 amide bonds. The molecule has 0 saturated carbocycles. The number of aliphatic hydroxyl groups excluding tert-OH is 3. The van der Waals surface area contributed by atoms with Crippen LogP contribution in [-0.4, -0.2) is 70.0 Å². The molecule has 3 heterocycles. The Kier molecular flexibility index (Phi) is 6.96. The molecule has 1 aliphatic heterocycles. The molecule has 3 N–H and O–H groups in total. The minimum atomic E-state index is -1.62. The number of hydrogen-bond acceptors (Lipinski definition) is 8. The molecule has 38 heavy (non-hydrogen) atoms. The van der Waals surface area contributed by atoms with Gasteiger partial charge in [-0.15, -0.1) is 5.10 Å². The van der Waals surface area contributed by atoms with Crippen LogP contribution >= 0.6 is 11.6 Å². The van der Waals surface area contributed by atoms with Crippen molar-refractivity contribution in [1.82, 2.24) is 29.8 Å². The summed E-state index contributed by atoms with van der Waals surface area (Å²) in [5.41, 5.74) is 1.24. The Morgan fingerprint density at radius 2 is 1.76 bits per heavy atom. The van der Waals surface area contributed by atoms with Crippen LogP contribution in [0.3, 0.4) is 0 Å². The lowest BCUT2D eigenvalue weighted by Crippen LogP contribution is -2.53. The summed E-state index contributed by atoms with van der Waals surface area (Å²) < 4.78 is 49.4. The molecule has 0 aliphatic carbocycles. The molecule has 1 aliphatic rings. The molecule has 4 aromatic rings. The van der Waals surface area contributed by atoms with Gasteiger partial charge in [-0.2, -0.15) is 5.10 Å². The van der Waals surface area contributed by atoms with E-state index in [9.17, 15) is 28.5 Å². The first-order chi connectivity index (χ1) is 18.1. The quantitative estimate of drug-likeness (QED) is 0.323. The molecule has 0 spiro atoms. The SMILES string of the molecule is Cc1nc([C@@H]2O[C@H](CO)[C@H](O)[C@H](n3cc(-c4cc(F)c(F)c(F)c4)nn3)[C@H]2O)n(-c2ccc(Cl)cc2C)n1. The van der Waals surface area contributed by atoms with E-state index in [0.717, 1.165) is 22.4 Å². The zero-order chi connectivity index (χ0) is 27.3. The number of aryl methyl sites for hydroxylation is 2. The number of nitrogens with zero attached hydrogens (tertiary/aromatic N) is 6. The van der Waals surface area contributed by atoms with Crippen LogP contribution in [-0.2, 0) is 4.74 Å². The molecule has 0 unspecified atom stereocenters. The molecule has 14 heteroatoms. The van der Waals surface area contributed by atoms with Crippen molar-refractivity contribution >= 4 is 11.6 Å². The highest BCUT2D eigenvalue weighted by atomic mass is 35.5. The Hall–Kier alpha value is -3.36. The number of aliphatic hydroxyl groups is 3. The standard InChI is InChI=1S/C24H22ClF3N6O4/c1-10-5-13(25)3-4-17(10)34-24(29-11(2)31-34)23-22(37)20(21(36)18(9-35)38-23)33-8-16(30-32-33)12-6-14(26)19(28)15(27)7-12/h3-8,18,20-23,35-37H,9H2,1-2H3/t18-,20+,21+,22-,23-/m1/s1. The van der Waals surface area contributed by atoms with E-state index in [2.05, 4.69) is 20.4 Å². The number of rotatable bonds is 5. The molecule has 2 aromatic heterocycles. The van der Waals surface area contributed by atoms with Gasteiger partial charge in [-0.25, -0.2) is 27.5 Å². The molecule has 1 saturated heterocycles. The van der Waals surface area contributed by atoms with Crippen LogP contribution in [0, 0.1) is 31.3 Å². The summed E-state index contributed by atoms with van der Waals surface area (Å²) in [6.07, 6.45) is -4.07. The van der Waals surface area contributed by atoms with E-state index in [-0.39, 0.29) is 17.1 Å². The number of ether oxygens (including phenoxy) is 1. The molecule has 5 rings (SSSR count). The van der Waals surface area contributed by atoms with Crippen LogP contribution in [0.2, 0.25) is 5.02 Å². The second kappa shape index (κ2) is 10.1. The summed E-state index contributed by atoms with van der Waals surface area (Å²) in [7, 11) is 0. The number of halogens is 4. The molecular formula is C24H22ClF3N6O4. The van der Waals surface area contributed by atoms with Gasteiger partial charge in [0.1, 0.15) is 42.0 Å². The topological polar surface area (TPSA) is 131 Å². The van der Waals surface area contributed by atoms with Crippen LogP contribution in [0.4, 0.5) is 13.2 Å². The van der Waals surface area contributed by atoms with Crippen molar-refractivity contribution in [1.29, 1.82) is 0 Å². The number of aromatic nitrogens is 6. The third kappa shape index (κ3) is 4.56. The second-order valence-electron chi connectivity index (χ2n) is 8.95. The summed E-state index contributed by atoms with van der Waals surface area (Å²) in [6, 6.07) is 5.41. The predicted molar refractivity (Wildman–Crippen MR) is 127 cm³/mol. The Morgan fingerprint density at radius 1 is 1.05 bits per heavy atom. The minimum absolute atomic E-state index is 0.0402. The Bertz CT molecular complexity index is 1470. The van der Waals surface area contributed by atoms with Crippen molar-refractivity contribution in [3.8, 4) is 16.9 Å². The summed E-state index contributed by atoms with van der Waals surface area (Å²) in [5, 5.41) is 45.0. The molecular weight excluding hydrogens is 529 g/mol. The van der Waals surface area contributed by atoms with Crippen molar-refractivity contribution in [2.24, 2.45) is 0 Å². The molecule has 0 radical (unpaired) electrons. The van der Waals surface area contributed by atoms with Crippen molar-refractivity contribution in [2.75, 3.05) is 6.61 Å². The van der Waals surface area contributed by atoms with Crippen molar-refractivity contribution in [2.45, 2.75) is 44.3 Å². The van der Waals surface area contributed by atoms with Crippen molar-refractivity contribution in [3.63, 3.8) is 0 Å². The van der Waals surface area contributed by atoms with Gasteiger partial charge in [0.2, 0.25) is 0 Å². The van der Waals surface area contributed by atoms with Gasteiger partial charge >= 0.3 is 0 Å². The lowest BCUT2D eigenvalue weighted by molar-refractivity contribution is -0.210. The van der Waals surface area contributed by atoms with E-state index >= 15 is 0 Å². The van der Waals surface area contributed by atoms with Crippen molar-refractivity contribution < 1.29 is 33.2 Å². The van der Waals surface area contributed by atoms with E-state index in [4.69, 9.17) is 16.3 Å². The summed E-state index contributed by atoms with van der Waals surface area (Å²) in [5.74, 6) is -3.88. The first kappa shape index (κ1) is 26.3. The lowest BCUT2D eigenvalue weighted by atomic mass is 9.92. The molecule has 0 bridgehead atoms. The second-order valence-corrected chi connectivity index (χ2v) is 9.38. The number of benzene rings is 2. The molecule has 10 nitrogen and oxygen atoms in total. The third-order valence-electron chi connectivity index (χ3n) is 6.37. The Balaban J connectivity index is 1.55. The van der Waals surface area contributed by atoms with Crippen molar-refractivity contribution in [3.05, 3.63) is 76.2 Å². The predicted octanol–water partition coefficient (Wildman–Crippen LogP) is 2.61. The normalized spacial score (nSPS) is 23.7. The van der Waals surface area contributed by atoms with Gasteiger partial charge in [0.25, 0.3) is 0 Å². The fourth-order valence-corrected chi connectivity index (χ4v) is 4.76. The van der Waals surface area contributed by atoms with Gasteiger partial charge < -0.3 is 20.1 Å². The summed E-state index contributed by atoms with van der Waals surface area (Å²) in [6.45, 7) is 2.87. The number of hydrogen-bond donors (Lipinski definition) is 3. The largest absolute Gasteiger partial charge is 0.394 e. The highest BCUT2D eigenvalue weighted by Gasteiger charge is 2.48. The molecule has 200 valence electrons. The smallest absolute Gasteiger partial charge is 0.194 e. The maximum atomic E-state index is 13.8. The van der Waals surface area contributed by atoms with Crippen LogP contribution < -0.4 is 0 Å². The van der Waals surface area contributed by atoms with Crippen LogP contribution in [0.15, 0.2) is 36.5 Å². The zero-order valence-corrected chi connectivity index (χ0v) is 20.8. The first-order valence-electron chi connectivity index (χ1n) is 11.5. The third-order valence-corrected chi connectivity index (χ3v) is 6.60. The van der Waals surface area contributed by atoms with E-state index in [1.807, 2.05) is 6.92 Å². The average molecular weight is 551 g/mol. The van der Waals surface area contributed by atoms with Gasteiger partial charge in [0.15, 0.2) is 23.3 Å². The zero-order valence-electron chi connectivity index (χ0n) is 20.0. The van der Waals surface area contributed by atoms with E-state index in [1.54, 1.807) is 25.1 Å². The van der Waals surface area contributed by atoms with Gasteiger partial charge in [-0.1, -0.05) is 16.8 Å². The monoisotopic (exact) mass is 550 g/mol. The van der Waals surface area contributed by atoms with E-state index in [0.29, 0.717) is 16.5 Å². The van der Waals surface area contributed by atoms with E-state index < -0.39 is 54.5 Å². The first-order valence-corrected chi connectivity index (χ1v) is 11.9. The molecule has 2 aromatic carbocycles. The Labute approximate surface area is 218 Å². The van der Waals surface area contributed by atoms with Crippen LogP contribution in [0.5, 0.6) is 0 Å². The van der Waals surface area contributed by atoms with Crippen LogP contribution in [0.25, 0.3) is 16.9 Å². The highest BCUT2D eigenvalue weighted by molar-refractivity contribution is 6.30. The van der Waals surface area contributed by atoms with Crippen LogP contribution in [0.1, 0.15) is 29.4 Å². The van der Waals surface area contributed by atoms with Gasteiger partial charge in [0, 0.05) is 10.6 Å². The van der Waals surface area contributed by atoms with Gasteiger partial charge in [-0.05, 0) is 49.7 Å².